The molecule has 9 nitrogen and oxygen atoms in total. The second-order valence-electron chi connectivity index (χ2n) is 12.2. The number of nitrogens with one attached hydrogen (secondary N) is 1. The number of carbonyl (C=O) groups excluding carboxylic acids is 3. The van der Waals surface area contributed by atoms with Crippen LogP contribution >= 0.6 is 0 Å². The van der Waals surface area contributed by atoms with Gasteiger partial charge in [-0.2, -0.15) is 0 Å². The van der Waals surface area contributed by atoms with Crippen LogP contribution in [0.2, 0.25) is 0 Å². The van der Waals surface area contributed by atoms with E-state index in [9.17, 15) is 14.4 Å². The Morgan fingerprint density at radius 1 is 0.905 bits per heavy atom. The van der Waals surface area contributed by atoms with E-state index in [2.05, 4.69) is 22.3 Å². The highest BCUT2D eigenvalue weighted by Gasteiger charge is 2.33. The predicted molar refractivity (Wildman–Crippen MR) is 165 cm³/mol. The summed E-state index contributed by atoms with van der Waals surface area (Å²) < 4.78 is 10.5. The van der Waals surface area contributed by atoms with Crippen LogP contribution in [-0.2, 0) is 16.1 Å². The number of carbonyl (C=O) groups is 3. The van der Waals surface area contributed by atoms with Crippen molar-refractivity contribution in [3.8, 4) is 5.75 Å². The molecule has 0 aromatic heterocycles. The largest absolute Gasteiger partial charge is 0.497 e. The van der Waals surface area contributed by atoms with Gasteiger partial charge in [0.2, 0.25) is 5.91 Å². The zero-order valence-electron chi connectivity index (χ0n) is 25.6. The number of benzene rings is 2. The molecule has 2 aromatic carbocycles. The first-order valence-corrected chi connectivity index (χ1v) is 15.2. The van der Waals surface area contributed by atoms with E-state index in [1.54, 1.807) is 12.0 Å². The maximum Gasteiger partial charge on any atom is 0.407 e. The third kappa shape index (κ3) is 8.87. The molecule has 4 rings (SSSR count). The number of alkyl carbamates (subject to hydrolysis) is 1. The van der Waals surface area contributed by atoms with E-state index < -0.39 is 5.60 Å². The van der Waals surface area contributed by atoms with Crippen molar-refractivity contribution in [2.75, 3.05) is 43.1 Å². The lowest BCUT2D eigenvalue weighted by atomic mass is 9.91. The molecule has 0 atom stereocenters. The third-order valence-corrected chi connectivity index (χ3v) is 7.91. The van der Waals surface area contributed by atoms with E-state index in [1.807, 2.05) is 57.2 Å². The molecule has 2 heterocycles. The van der Waals surface area contributed by atoms with Crippen molar-refractivity contribution >= 4 is 29.4 Å². The van der Waals surface area contributed by atoms with Crippen LogP contribution in [0.3, 0.4) is 0 Å². The summed E-state index contributed by atoms with van der Waals surface area (Å²) in [6.07, 6.45) is 6.78. The minimum atomic E-state index is -0.463. The van der Waals surface area contributed by atoms with Gasteiger partial charge in [0.1, 0.15) is 11.4 Å². The average Bonchev–Trinajstić information content (AvgIpc) is 2.97. The highest BCUT2D eigenvalue weighted by Crippen LogP contribution is 2.29. The summed E-state index contributed by atoms with van der Waals surface area (Å²) in [6.45, 7) is 8.94. The van der Waals surface area contributed by atoms with Gasteiger partial charge >= 0.3 is 12.1 Å². The summed E-state index contributed by atoms with van der Waals surface area (Å²) in [4.78, 5) is 43.1. The normalized spacial score (nSPS) is 16.5. The first-order valence-electron chi connectivity index (χ1n) is 15.2. The van der Waals surface area contributed by atoms with Crippen molar-refractivity contribution in [1.82, 2.24) is 10.2 Å². The Balaban J connectivity index is 1.19. The minimum absolute atomic E-state index is 0.149. The first kappa shape index (κ1) is 31.2. The highest BCUT2D eigenvalue weighted by molar-refractivity contribution is 6.05. The molecule has 0 radical (unpaired) electrons. The fraction of sp³-hybridized carbons (Fsp3) is 0.545. The monoisotopic (exact) mass is 578 g/mol. The van der Waals surface area contributed by atoms with Crippen molar-refractivity contribution < 1.29 is 23.9 Å². The summed E-state index contributed by atoms with van der Waals surface area (Å²) in [7, 11) is 1.61. The van der Waals surface area contributed by atoms with Gasteiger partial charge in [-0.05, 0) is 87.9 Å². The molecule has 0 saturated carbocycles. The number of piperidine rings is 1. The van der Waals surface area contributed by atoms with Crippen LogP contribution in [0.25, 0.3) is 0 Å². The quantitative estimate of drug-likeness (QED) is 0.312. The molecular formula is C33H46N4O5. The number of ether oxygens (including phenoxy) is 2. The molecule has 0 unspecified atom stereocenters. The number of nitrogens with zero attached hydrogens (tertiary/aromatic N) is 3. The lowest BCUT2D eigenvalue weighted by molar-refractivity contribution is -0.129. The predicted octanol–water partition coefficient (Wildman–Crippen LogP) is 6.36. The lowest BCUT2D eigenvalue weighted by Crippen LogP contribution is -2.52. The molecule has 0 bridgehead atoms. The summed E-state index contributed by atoms with van der Waals surface area (Å²) >= 11 is 0. The Hall–Kier alpha value is -3.75. The molecule has 228 valence electrons. The van der Waals surface area contributed by atoms with Gasteiger partial charge < -0.3 is 19.7 Å². The molecule has 0 spiro atoms. The van der Waals surface area contributed by atoms with E-state index in [0.29, 0.717) is 19.5 Å². The Morgan fingerprint density at radius 3 is 2.21 bits per heavy atom. The van der Waals surface area contributed by atoms with E-state index in [1.165, 1.54) is 36.3 Å². The molecule has 42 heavy (non-hydrogen) atoms. The number of unbranched alkanes of at least 4 members (excludes halogenated alkanes) is 2. The van der Waals surface area contributed by atoms with Gasteiger partial charge in [-0.15, -0.1) is 0 Å². The van der Waals surface area contributed by atoms with Crippen LogP contribution in [0.4, 0.5) is 21.0 Å². The summed E-state index contributed by atoms with van der Waals surface area (Å²) in [5, 5.41) is 2.84. The van der Waals surface area contributed by atoms with Gasteiger partial charge in [-0.25, -0.2) is 9.59 Å². The van der Waals surface area contributed by atoms with Crippen LogP contribution in [0.15, 0.2) is 48.5 Å². The number of urea groups is 1. The van der Waals surface area contributed by atoms with Crippen molar-refractivity contribution in [2.45, 2.75) is 77.9 Å². The number of rotatable bonds is 11. The second-order valence-corrected chi connectivity index (χ2v) is 12.2. The number of methoxy groups -OCH3 is 1. The van der Waals surface area contributed by atoms with Gasteiger partial charge in [0.15, 0.2) is 0 Å². The number of hydrogen-bond acceptors (Lipinski definition) is 6. The Morgan fingerprint density at radius 2 is 1.57 bits per heavy atom. The van der Waals surface area contributed by atoms with Gasteiger partial charge in [-0.1, -0.05) is 31.4 Å². The maximum atomic E-state index is 13.3. The number of anilines is 2. The van der Waals surface area contributed by atoms with E-state index in [4.69, 9.17) is 9.47 Å². The topological polar surface area (TPSA) is 91.4 Å². The summed E-state index contributed by atoms with van der Waals surface area (Å²) in [5.41, 5.74) is 2.40. The first-order chi connectivity index (χ1) is 20.1. The van der Waals surface area contributed by atoms with Crippen molar-refractivity contribution in [1.29, 1.82) is 0 Å². The van der Waals surface area contributed by atoms with Crippen molar-refractivity contribution in [3.05, 3.63) is 54.1 Å². The maximum absolute atomic E-state index is 13.3. The van der Waals surface area contributed by atoms with E-state index in [0.717, 1.165) is 48.8 Å². The second kappa shape index (κ2) is 14.4. The van der Waals surface area contributed by atoms with Crippen molar-refractivity contribution in [3.63, 3.8) is 0 Å². The smallest absolute Gasteiger partial charge is 0.407 e. The van der Waals surface area contributed by atoms with Gasteiger partial charge in [0.05, 0.1) is 13.7 Å². The number of amides is 4. The van der Waals surface area contributed by atoms with E-state index >= 15 is 0 Å². The molecule has 0 aliphatic carbocycles. The zero-order chi connectivity index (χ0) is 30.1. The van der Waals surface area contributed by atoms with Crippen LogP contribution < -0.4 is 19.9 Å². The zero-order valence-corrected chi connectivity index (χ0v) is 25.6. The standard InChI is InChI=1S/C33H46N4O5/c1-33(2,3)42-31(39)34-20-7-5-6-8-25-17-21-35(22-18-25)27-11-13-28(14-12-27)36-23-19-30(38)37(32(36)40)24-26-9-15-29(41-4)16-10-26/h9-16,25H,5-8,17-24H2,1-4H3,(H,34,39). The number of hydrogen-bond donors (Lipinski definition) is 1. The van der Waals surface area contributed by atoms with Crippen molar-refractivity contribution in [2.24, 2.45) is 5.92 Å². The molecule has 1 N–H and O–H groups in total. The lowest BCUT2D eigenvalue weighted by Gasteiger charge is -2.35. The highest BCUT2D eigenvalue weighted by atomic mass is 16.6. The van der Waals surface area contributed by atoms with Gasteiger partial charge in [0.25, 0.3) is 0 Å². The molecule has 2 aliphatic heterocycles. The molecule has 9 heteroatoms. The summed E-state index contributed by atoms with van der Waals surface area (Å²) in [6, 6.07) is 15.3. The van der Waals surface area contributed by atoms with Crippen LogP contribution in [0.1, 0.15) is 71.3 Å². The summed E-state index contributed by atoms with van der Waals surface area (Å²) in [5.74, 6) is 1.33. The Bertz CT molecular complexity index is 1180. The number of imide groups is 1. The molecule has 2 aromatic rings. The Kier molecular flexibility index (Phi) is 10.7. The fourth-order valence-corrected chi connectivity index (χ4v) is 5.56. The molecule has 2 aliphatic rings. The molecular weight excluding hydrogens is 532 g/mol. The Labute approximate surface area is 250 Å². The minimum Gasteiger partial charge on any atom is -0.497 e. The van der Waals surface area contributed by atoms with E-state index in [-0.39, 0.29) is 24.6 Å². The van der Waals surface area contributed by atoms with Gasteiger partial charge in [-0.3, -0.25) is 14.6 Å². The van der Waals surface area contributed by atoms with Gasteiger partial charge in [0, 0.05) is 44.0 Å². The third-order valence-electron chi connectivity index (χ3n) is 7.91. The van der Waals surface area contributed by atoms with Crippen LogP contribution in [-0.4, -0.2) is 61.8 Å². The van der Waals surface area contributed by atoms with Crippen LogP contribution in [0.5, 0.6) is 5.75 Å². The average molecular weight is 579 g/mol. The SMILES string of the molecule is COc1ccc(CN2C(=O)CCN(c3ccc(N4CCC(CCCCCNC(=O)OC(C)(C)C)CC4)cc3)C2=O)cc1. The van der Waals surface area contributed by atoms with Crippen LogP contribution in [0, 0.1) is 5.92 Å². The fourth-order valence-electron chi connectivity index (χ4n) is 5.56. The molecule has 2 fully saturated rings. The molecule has 2 saturated heterocycles. The molecule has 4 amide bonds.